The first-order valence-electron chi connectivity index (χ1n) is 13.3. The number of nitrogens with one attached hydrogen (secondary N) is 1. The predicted octanol–water partition coefficient (Wildman–Crippen LogP) is 3.21. The molecule has 3 heterocycles. The van der Waals surface area contributed by atoms with Gasteiger partial charge >= 0.3 is 242 Å². The van der Waals surface area contributed by atoms with Crippen LogP contribution in [0.1, 0.15) is 35.8 Å². The molecule has 3 aliphatic rings. The Balaban J connectivity index is 1.41. The van der Waals surface area contributed by atoms with Crippen LogP contribution in [0, 0.1) is 3.57 Å². The van der Waals surface area contributed by atoms with Gasteiger partial charge < -0.3 is 0 Å². The third kappa shape index (κ3) is 5.85. The Hall–Kier alpha value is -4.12. The van der Waals surface area contributed by atoms with Gasteiger partial charge in [0.05, 0.1) is 0 Å². The van der Waals surface area contributed by atoms with Gasteiger partial charge in [0, 0.05) is 0 Å². The zero-order valence-electron chi connectivity index (χ0n) is 22.0. The van der Waals surface area contributed by atoms with Gasteiger partial charge in [-0.1, -0.05) is 6.08 Å². The topological polar surface area (TPSA) is 64.7 Å². The Labute approximate surface area is 246 Å². The van der Waals surface area contributed by atoms with Gasteiger partial charge in [0.2, 0.25) is 0 Å². The minimum absolute atomic E-state index is 0.0678. The van der Waals surface area contributed by atoms with E-state index in [1.807, 2.05) is 83.5 Å². The van der Waals surface area contributed by atoms with Gasteiger partial charge in [0.15, 0.2) is 0 Å². The summed E-state index contributed by atoms with van der Waals surface area (Å²) in [5, 5.41) is 8.22. The minimum atomic E-state index is -2.71. The number of fused-ring (bicyclic) bond motifs is 2. The molecule has 6 nitrogen and oxygen atoms in total. The van der Waals surface area contributed by atoms with Crippen LogP contribution in [0.5, 0.6) is 0 Å². The van der Waals surface area contributed by atoms with E-state index in [1.165, 1.54) is 4.68 Å². The van der Waals surface area contributed by atoms with Gasteiger partial charge in [0.25, 0.3) is 0 Å². The summed E-state index contributed by atoms with van der Waals surface area (Å²) in [5.41, 5.74) is 2.32. The number of hydrogen-bond acceptors (Lipinski definition) is 3. The van der Waals surface area contributed by atoms with Gasteiger partial charge in [-0.25, -0.2) is 0 Å². The molecule has 1 N–H and O–H groups in total. The SMILES string of the molecule is O=C(NC1=C/C=C\C=C/C=C\1)C(c1ncn2c1CCC2)n1cc2ccc([I-]C3=C/C=C\C=C/C=C\3)c(C(F)F)c2n1. The fraction of sp³-hybridized carbons (Fsp3) is 0.156. The van der Waals surface area contributed by atoms with E-state index in [2.05, 4.69) is 15.4 Å². The summed E-state index contributed by atoms with van der Waals surface area (Å²) in [6, 6.07) is 2.68. The number of nitrogens with zero attached hydrogens (tertiary/aromatic N) is 4. The van der Waals surface area contributed by atoms with Crippen LogP contribution in [0.2, 0.25) is 0 Å². The number of benzene rings is 1. The van der Waals surface area contributed by atoms with Crippen molar-refractivity contribution in [1.82, 2.24) is 24.6 Å². The van der Waals surface area contributed by atoms with Crippen LogP contribution < -0.4 is 26.5 Å². The second kappa shape index (κ2) is 12.2. The van der Waals surface area contributed by atoms with E-state index < -0.39 is 33.7 Å². The van der Waals surface area contributed by atoms with Crippen molar-refractivity contribution < 1.29 is 34.8 Å². The number of alkyl halides is 2. The van der Waals surface area contributed by atoms with Gasteiger partial charge in [-0.05, 0) is 0 Å². The molecule has 0 spiro atoms. The number of imidazole rings is 1. The average molecular weight is 663 g/mol. The van der Waals surface area contributed by atoms with Crippen LogP contribution >= 0.6 is 0 Å². The van der Waals surface area contributed by atoms with Crippen molar-refractivity contribution in [1.29, 1.82) is 0 Å². The molecule has 1 aliphatic heterocycles. The maximum atomic E-state index is 14.6. The molecule has 1 aromatic carbocycles. The van der Waals surface area contributed by atoms with Crippen molar-refractivity contribution >= 4 is 16.8 Å². The molecular weight excluding hydrogens is 635 g/mol. The molecule has 3 aromatic rings. The molecule has 2 aromatic heterocycles. The van der Waals surface area contributed by atoms with Gasteiger partial charge in [-0.3, -0.25) is 0 Å². The van der Waals surface area contributed by atoms with E-state index in [0.29, 0.717) is 20.3 Å². The Morgan fingerprint density at radius 3 is 2.54 bits per heavy atom. The van der Waals surface area contributed by atoms with E-state index in [0.717, 1.165) is 28.7 Å². The monoisotopic (exact) mass is 662 g/mol. The van der Waals surface area contributed by atoms with Crippen LogP contribution in [0.15, 0.2) is 119 Å². The van der Waals surface area contributed by atoms with E-state index in [9.17, 15) is 13.6 Å². The fourth-order valence-electron chi connectivity index (χ4n) is 5.01. The first kappa shape index (κ1) is 27.1. The van der Waals surface area contributed by atoms with Crippen LogP contribution in [-0.2, 0) is 17.8 Å². The number of rotatable bonds is 7. The standard InChI is InChI=1S/C32H27F2IN5O/c33-31(34)27-25(35-23-12-7-3-1-4-8-13-23)18-17-22-20-40(38-28(22)27)30(29-26-16-11-19-39(26)21-36-29)32(41)37-24-14-9-5-2-6-10-15-24/h1-10,12-15,17-18,20-21,30-31H,11,16,19H2,(H,37,41)/q-1/b3-1-,4-1?,5-2-,6-2?,7-3?,8-4-,9-5?,10-6-,12-7-,13-8?,14-9-,15-10?,23-12?,23-13+,24-14?,24-15+. The summed E-state index contributed by atoms with van der Waals surface area (Å²) in [7, 11) is 0. The van der Waals surface area contributed by atoms with Gasteiger partial charge in [-0.2, -0.15) is 0 Å². The molecule has 6 rings (SSSR count). The number of hydrogen-bond donors (Lipinski definition) is 1. The molecule has 0 radical (unpaired) electrons. The molecular formula is C32H27F2IN5O-. The Bertz CT molecular complexity index is 1730. The summed E-state index contributed by atoms with van der Waals surface area (Å²) in [6.45, 7) is 0.834. The maximum absolute atomic E-state index is 14.6. The quantitative estimate of drug-likeness (QED) is 0.396. The first-order valence-corrected chi connectivity index (χ1v) is 15.5. The van der Waals surface area contributed by atoms with Crippen molar-refractivity contribution in [3.8, 4) is 0 Å². The van der Waals surface area contributed by atoms with Crippen molar-refractivity contribution in [2.24, 2.45) is 0 Å². The number of amides is 1. The predicted molar refractivity (Wildman–Crippen MR) is 151 cm³/mol. The van der Waals surface area contributed by atoms with Crippen molar-refractivity contribution in [3.05, 3.63) is 140 Å². The van der Waals surface area contributed by atoms with E-state index in [1.54, 1.807) is 30.7 Å². The Kier molecular flexibility index (Phi) is 8.04. The second-order valence-electron chi connectivity index (χ2n) is 9.60. The third-order valence-electron chi connectivity index (χ3n) is 6.89. The van der Waals surface area contributed by atoms with Crippen LogP contribution in [0.3, 0.4) is 0 Å². The molecule has 0 fully saturated rings. The van der Waals surface area contributed by atoms with E-state index in [-0.39, 0.29) is 17.0 Å². The average Bonchev–Trinajstić information content (AvgIpc) is 3.64. The second-order valence-corrected chi connectivity index (χ2v) is 12.5. The molecule has 0 saturated heterocycles. The summed E-state index contributed by atoms with van der Waals surface area (Å²) in [5.74, 6) is -0.337. The van der Waals surface area contributed by atoms with Crippen molar-refractivity contribution in [3.63, 3.8) is 0 Å². The summed E-state index contributed by atoms with van der Waals surface area (Å²) in [6.07, 6.45) is 28.9. The number of carbonyl (C=O) groups excluding carboxylic acids is 1. The molecule has 41 heavy (non-hydrogen) atoms. The molecule has 1 unspecified atom stereocenters. The summed E-state index contributed by atoms with van der Waals surface area (Å²) >= 11 is -0.894. The molecule has 0 saturated carbocycles. The number of allylic oxidation sites excluding steroid dienone is 15. The normalized spacial score (nSPS) is 24.1. The van der Waals surface area contributed by atoms with Gasteiger partial charge in [0.1, 0.15) is 0 Å². The van der Waals surface area contributed by atoms with E-state index >= 15 is 0 Å². The molecule has 1 atom stereocenters. The summed E-state index contributed by atoms with van der Waals surface area (Å²) < 4.78 is 34.5. The first-order chi connectivity index (χ1) is 20.1. The molecule has 1 amide bonds. The summed E-state index contributed by atoms with van der Waals surface area (Å²) in [4.78, 5) is 18.5. The zero-order chi connectivity index (χ0) is 28.2. The zero-order valence-corrected chi connectivity index (χ0v) is 24.2. The Morgan fingerprint density at radius 2 is 1.71 bits per heavy atom. The number of aryl methyl sites for hydroxylation is 1. The number of aromatic nitrogens is 4. The molecule has 9 heteroatoms. The fourth-order valence-corrected chi connectivity index (χ4v) is 7.60. The van der Waals surface area contributed by atoms with Crippen LogP contribution in [0.4, 0.5) is 8.78 Å². The van der Waals surface area contributed by atoms with Crippen LogP contribution in [0.25, 0.3) is 10.9 Å². The van der Waals surface area contributed by atoms with Crippen LogP contribution in [-0.4, -0.2) is 25.2 Å². The van der Waals surface area contributed by atoms with Crippen molar-refractivity contribution in [2.75, 3.05) is 0 Å². The molecule has 2 aliphatic carbocycles. The third-order valence-corrected chi connectivity index (χ3v) is 9.76. The Morgan fingerprint density at radius 1 is 0.951 bits per heavy atom. The van der Waals surface area contributed by atoms with E-state index in [4.69, 9.17) is 0 Å². The number of halogens is 3. The number of carbonyl (C=O) groups is 1. The van der Waals surface area contributed by atoms with Crippen molar-refractivity contribution in [2.45, 2.75) is 31.9 Å². The molecule has 0 bridgehead atoms. The molecule has 208 valence electrons. The van der Waals surface area contributed by atoms with Gasteiger partial charge in [-0.15, -0.1) is 0 Å².